The number of benzene rings is 1. The second kappa shape index (κ2) is 6.34. The largest absolute Gasteiger partial charge is 0.504 e. The number of ether oxygens (including phenoxy) is 2. The van der Waals surface area contributed by atoms with Crippen molar-refractivity contribution in [1.29, 1.82) is 0 Å². The lowest BCUT2D eigenvalue weighted by Gasteiger charge is -2.21. The summed E-state index contributed by atoms with van der Waals surface area (Å²) in [6.07, 6.45) is 1.14. The van der Waals surface area contributed by atoms with E-state index in [0.717, 1.165) is 0 Å². The molecule has 2 N–H and O–H groups in total. The zero-order valence-electron chi connectivity index (χ0n) is 11.6. The molecule has 1 aliphatic rings. The molecule has 0 unspecified atom stereocenters. The van der Waals surface area contributed by atoms with Crippen molar-refractivity contribution in [3.8, 4) is 17.2 Å². The van der Waals surface area contributed by atoms with Gasteiger partial charge in [-0.15, -0.1) is 0 Å². The summed E-state index contributed by atoms with van der Waals surface area (Å²) in [7, 11) is 1.41. The molecule has 1 saturated heterocycles. The van der Waals surface area contributed by atoms with Gasteiger partial charge >= 0.3 is 5.97 Å². The molecule has 1 aliphatic heterocycles. The second-order valence-electron chi connectivity index (χ2n) is 4.71. The highest BCUT2D eigenvalue weighted by Gasteiger charge is 2.33. The Hall–Kier alpha value is -2.44. The summed E-state index contributed by atoms with van der Waals surface area (Å²) in [6.45, 7) is 0.176. The molecule has 7 nitrogen and oxygen atoms in total. The number of nitrogens with zero attached hydrogens (tertiary/aromatic N) is 1. The predicted molar refractivity (Wildman–Crippen MR) is 72.5 cm³/mol. The molecule has 0 saturated carbocycles. The van der Waals surface area contributed by atoms with Crippen LogP contribution in [0.2, 0.25) is 0 Å². The van der Waals surface area contributed by atoms with Gasteiger partial charge in [0.1, 0.15) is 11.8 Å². The molecule has 1 aromatic rings. The van der Waals surface area contributed by atoms with Gasteiger partial charge in [-0.1, -0.05) is 0 Å². The Balaban J connectivity index is 1.96. The third-order valence-corrected chi connectivity index (χ3v) is 3.37. The van der Waals surface area contributed by atoms with Crippen molar-refractivity contribution in [2.24, 2.45) is 0 Å². The van der Waals surface area contributed by atoms with Crippen molar-refractivity contribution in [1.82, 2.24) is 4.90 Å². The van der Waals surface area contributed by atoms with E-state index in [4.69, 9.17) is 14.6 Å². The fourth-order valence-electron chi connectivity index (χ4n) is 2.30. The number of carbonyl (C=O) groups excluding carboxylic acids is 1. The van der Waals surface area contributed by atoms with Crippen molar-refractivity contribution in [3.05, 3.63) is 18.2 Å². The van der Waals surface area contributed by atoms with E-state index in [-0.39, 0.29) is 24.0 Å². The molecule has 0 aromatic heterocycles. The zero-order chi connectivity index (χ0) is 15.4. The van der Waals surface area contributed by atoms with Gasteiger partial charge in [-0.2, -0.15) is 0 Å². The summed E-state index contributed by atoms with van der Waals surface area (Å²) in [4.78, 5) is 24.4. The highest BCUT2D eigenvalue weighted by molar-refractivity contribution is 5.85. The molecule has 1 heterocycles. The molecule has 114 valence electrons. The number of carboxylic acids is 1. The Kier molecular flexibility index (Phi) is 4.52. The quantitative estimate of drug-likeness (QED) is 0.836. The molecule has 0 radical (unpaired) electrons. The van der Waals surface area contributed by atoms with Crippen LogP contribution in [0.3, 0.4) is 0 Å². The Labute approximate surface area is 121 Å². The van der Waals surface area contributed by atoms with Gasteiger partial charge in [0.2, 0.25) is 0 Å². The normalized spacial score (nSPS) is 17.6. The number of phenolic OH excluding ortho intramolecular Hbond substituents is 1. The number of phenols is 1. The standard InChI is InChI=1S/C14H17NO6/c1-20-12-7-9(4-5-11(12)16)21-8-13(17)15-6-2-3-10(15)14(18)19/h4-5,7,10,16H,2-3,6,8H2,1H3,(H,18,19)/t10-/m1/s1. The lowest BCUT2D eigenvalue weighted by molar-refractivity contribution is -0.148. The van der Waals surface area contributed by atoms with Crippen LogP contribution < -0.4 is 9.47 Å². The number of likely N-dealkylation sites (tertiary alicyclic amines) is 1. The molecule has 0 aliphatic carbocycles. The van der Waals surface area contributed by atoms with Gasteiger partial charge in [0.25, 0.3) is 5.91 Å². The van der Waals surface area contributed by atoms with Crippen LogP contribution in [-0.4, -0.2) is 53.3 Å². The first-order valence-corrected chi connectivity index (χ1v) is 6.55. The second-order valence-corrected chi connectivity index (χ2v) is 4.71. The van der Waals surface area contributed by atoms with E-state index in [1.807, 2.05) is 0 Å². The molecule has 21 heavy (non-hydrogen) atoms. The van der Waals surface area contributed by atoms with E-state index < -0.39 is 12.0 Å². The van der Waals surface area contributed by atoms with E-state index >= 15 is 0 Å². The Bertz CT molecular complexity index is 544. The number of carboxylic acid groups (broad SMARTS) is 1. The number of carbonyl (C=O) groups is 2. The first-order valence-electron chi connectivity index (χ1n) is 6.55. The van der Waals surface area contributed by atoms with E-state index in [1.165, 1.54) is 30.2 Å². The van der Waals surface area contributed by atoms with Gasteiger partial charge in [0, 0.05) is 12.6 Å². The summed E-state index contributed by atoms with van der Waals surface area (Å²) < 4.78 is 10.3. The van der Waals surface area contributed by atoms with Gasteiger partial charge in [0.15, 0.2) is 18.1 Å². The van der Waals surface area contributed by atoms with Crippen LogP contribution in [0.5, 0.6) is 17.2 Å². The molecule has 1 aromatic carbocycles. The number of amides is 1. The third-order valence-electron chi connectivity index (χ3n) is 3.37. The summed E-state index contributed by atoms with van der Waals surface area (Å²) >= 11 is 0. The lowest BCUT2D eigenvalue weighted by Crippen LogP contribution is -2.42. The summed E-state index contributed by atoms with van der Waals surface area (Å²) in [5.41, 5.74) is 0. The minimum absolute atomic E-state index is 0.0262. The van der Waals surface area contributed by atoms with Crippen molar-refractivity contribution in [2.75, 3.05) is 20.3 Å². The van der Waals surface area contributed by atoms with Crippen LogP contribution in [0.25, 0.3) is 0 Å². The van der Waals surface area contributed by atoms with E-state index in [0.29, 0.717) is 25.1 Å². The van der Waals surface area contributed by atoms with Crippen LogP contribution in [0.15, 0.2) is 18.2 Å². The molecule has 0 spiro atoms. The van der Waals surface area contributed by atoms with E-state index in [1.54, 1.807) is 0 Å². The van der Waals surface area contributed by atoms with E-state index in [2.05, 4.69) is 0 Å². The molecule has 1 atom stereocenters. The molecule has 1 amide bonds. The highest BCUT2D eigenvalue weighted by atomic mass is 16.5. The van der Waals surface area contributed by atoms with Gasteiger partial charge in [-0.25, -0.2) is 4.79 Å². The van der Waals surface area contributed by atoms with E-state index in [9.17, 15) is 14.7 Å². The summed E-state index contributed by atoms with van der Waals surface area (Å²) in [6, 6.07) is 3.59. The Morgan fingerprint density at radius 1 is 1.43 bits per heavy atom. The number of hydrogen-bond donors (Lipinski definition) is 2. The monoisotopic (exact) mass is 295 g/mol. The molecule has 1 fully saturated rings. The lowest BCUT2D eigenvalue weighted by atomic mass is 10.2. The van der Waals surface area contributed by atoms with Crippen LogP contribution in [0.1, 0.15) is 12.8 Å². The topological polar surface area (TPSA) is 96.3 Å². The maximum Gasteiger partial charge on any atom is 0.326 e. The van der Waals surface area contributed by atoms with Crippen LogP contribution in [-0.2, 0) is 9.59 Å². The van der Waals surface area contributed by atoms with Crippen molar-refractivity contribution >= 4 is 11.9 Å². The van der Waals surface area contributed by atoms with Crippen LogP contribution in [0.4, 0.5) is 0 Å². The average Bonchev–Trinajstić information content (AvgIpc) is 2.95. The van der Waals surface area contributed by atoms with Gasteiger partial charge in [-0.3, -0.25) is 4.79 Å². The van der Waals surface area contributed by atoms with Crippen molar-refractivity contribution < 1.29 is 29.3 Å². The molecular formula is C14H17NO6. The summed E-state index contributed by atoms with van der Waals surface area (Å²) in [5, 5.41) is 18.5. The fraction of sp³-hybridized carbons (Fsp3) is 0.429. The molecule has 7 heteroatoms. The maximum atomic E-state index is 12.0. The summed E-state index contributed by atoms with van der Waals surface area (Å²) in [5.74, 6) is -0.783. The molecular weight excluding hydrogens is 278 g/mol. The van der Waals surface area contributed by atoms with Crippen molar-refractivity contribution in [2.45, 2.75) is 18.9 Å². The molecule has 2 rings (SSSR count). The van der Waals surface area contributed by atoms with Crippen molar-refractivity contribution in [3.63, 3.8) is 0 Å². The predicted octanol–water partition coefficient (Wildman–Crippen LogP) is 0.855. The van der Waals surface area contributed by atoms with Gasteiger partial charge in [-0.05, 0) is 25.0 Å². The first kappa shape index (κ1) is 15.0. The van der Waals surface area contributed by atoms with Gasteiger partial charge in [0.05, 0.1) is 7.11 Å². The average molecular weight is 295 g/mol. The molecule has 0 bridgehead atoms. The third kappa shape index (κ3) is 3.36. The zero-order valence-corrected chi connectivity index (χ0v) is 11.6. The fourth-order valence-corrected chi connectivity index (χ4v) is 2.30. The first-order chi connectivity index (χ1) is 10.0. The number of hydrogen-bond acceptors (Lipinski definition) is 5. The van der Waals surface area contributed by atoms with Crippen LogP contribution >= 0.6 is 0 Å². The SMILES string of the molecule is COc1cc(OCC(=O)N2CCC[C@@H]2C(=O)O)ccc1O. The Morgan fingerprint density at radius 3 is 2.86 bits per heavy atom. The maximum absolute atomic E-state index is 12.0. The van der Waals surface area contributed by atoms with Crippen LogP contribution in [0, 0.1) is 0 Å². The number of rotatable bonds is 5. The number of aliphatic carboxylic acids is 1. The minimum atomic E-state index is -0.993. The van der Waals surface area contributed by atoms with Gasteiger partial charge < -0.3 is 24.6 Å². The highest BCUT2D eigenvalue weighted by Crippen LogP contribution is 2.29. The number of aromatic hydroxyl groups is 1. The Morgan fingerprint density at radius 2 is 2.19 bits per heavy atom. The number of methoxy groups -OCH3 is 1. The minimum Gasteiger partial charge on any atom is -0.504 e. The smallest absolute Gasteiger partial charge is 0.326 e.